The largest absolute Gasteiger partial charge is 0.359 e. The zero-order valence-corrected chi connectivity index (χ0v) is 6.39. The van der Waals surface area contributed by atoms with E-state index < -0.39 is 0 Å². The molecule has 0 aromatic heterocycles. The molecule has 1 aliphatic heterocycles. The van der Waals surface area contributed by atoms with E-state index >= 15 is 0 Å². The van der Waals surface area contributed by atoms with Gasteiger partial charge >= 0.3 is 0 Å². The first-order valence-electron chi connectivity index (χ1n) is 3.39. The summed E-state index contributed by atoms with van der Waals surface area (Å²) in [5, 5.41) is 3.01. The molecule has 0 radical (unpaired) electrons. The van der Waals surface area contributed by atoms with Gasteiger partial charge in [-0.2, -0.15) is 0 Å². The van der Waals surface area contributed by atoms with Crippen LogP contribution in [0, 0.1) is 5.92 Å². The predicted octanol–water partition coefficient (Wildman–Crippen LogP) is 1.67. The standard InChI is InChI=1S/C8H12N2/c1-6(2)8-5-9-7(3)4-10-8/h4-6,9H,3H2,1-2H3. The van der Waals surface area contributed by atoms with Crippen LogP contribution in [0.3, 0.4) is 0 Å². The second-order valence-corrected chi connectivity index (χ2v) is 2.65. The van der Waals surface area contributed by atoms with Crippen LogP contribution in [0.2, 0.25) is 0 Å². The topological polar surface area (TPSA) is 24.4 Å². The number of nitrogens with one attached hydrogen (secondary N) is 1. The minimum Gasteiger partial charge on any atom is -0.359 e. The highest BCUT2D eigenvalue weighted by molar-refractivity contribution is 5.79. The van der Waals surface area contributed by atoms with Gasteiger partial charge in [0.25, 0.3) is 0 Å². The van der Waals surface area contributed by atoms with E-state index in [9.17, 15) is 0 Å². The molecule has 1 rings (SSSR count). The van der Waals surface area contributed by atoms with Crippen LogP contribution in [0.15, 0.2) is 29.2 Å². The number of hydrogen-bond donors (Lipinski definition) is 1. The molecule has 2 nitrogen and oxygen atoms in total. The van der Waals surface area contributed by atoms with Crippen molar-refractivity contribution in [1.29, 1.82) is 0 Å². The van der Waals surface area contributed by atoms with Gasteiger partial charge in [0.2, 0.25) is 0 Å². The van der Waals surface area contributed by atoms with Crippen LogP contribution in [0.25, 0.3) is 0 Å². The molecule has 0 unspecified atom stereocenters. The molecule has 1 heterocycles. The van der Waals surface area contributed by atoms with E-state index in [1.54, 1.807) is 6.21 Å². The van der Waals surface area contributed by atoms with E-state index in [0.29, 0.717) is 5.92 Å². The molecule has 54 valence electrons. The lowest BCUT2D eigenvalue weighted by molar-refractivity contribution is 0.744. The van der Waals surface area contributed by atoms with E-state index in [1.165, 1.54) is 0 Å². The highest BCUT2D eigenvalue weighted by Gasteiger charge is 2.03. The summed E-state index contributed by atoms with van der Waals surface area (Å²) >= 11 is 0. The van der Waals surface area contributed by atoms with Gasteiger partial charge in [-0.1, -0.05) is 20.4 Å². The van der Waals surface area contributed by atoms with Gasteiger partial charge in [-0.05, 0) is 5.92 Å². The van der Waals surface area contributed by atoms with E-state index in [1.807, 2.05) is 6.20 Å². The fourth-order valence-electron chi connectivity index (χ4n) is 0.709. The lowest BCUT2D eigenvalue weighted by Crippen LogP contribution is -2.12. The van der Waals surface area contributed by atoms with Gasteiger partial charge in [0.05, 0.1) is 11.9 Å². The third kappa shape index (κ3) is 1.47. The van der Waals surface area contributed by atoms with Gasteiger partial charge in [-0.15, -0.1) is 0 Å². The Hall–Kier alpha value is -1.05. The minimum absolute atomic E-state index is 0.483. The molecule has 0 bridgehead atoms. The van der Waals surface area contributed by atoms with Gasteiger partial charge in [0.15, 0.2) is 0 Å². The maximum atomic E-state index is 4.18. The van der Waals surface area contributed by atoms with Gasteiger partial charge in [0.1, 0.15) is 0 Å². The van der Waals surface area contributed by atoms with Gasteiger partial charge in [0, 0.05) is 11.9 Å². The van der Waals surface area contributed by atoms with Crippen LogP contribution in [0.4, 0.5) is 0 Å². The molecule has 1 N–H and O–H groups in total. The first-order chi connectivity index (χ1) is 4.70. The lowest BCUT2D eigenvalue weighted by Gasteiger charge is -2.11. The first-order valence-corrected chi connectivity index (χ1v) is 3.39. The van der Waals surface area contributed by atoms with Gasteiger partial charge in [-0.25, -0.2) is 0 Å². The summed E-state index contributed by atoms with van der Waals surface area (Å²) in [5.74, 6) is 0.483. The van der Waals surface area contributed by atoms with Crippen molar-refractivity contribution in [2.75, 3.05) is 0 Å². The first kappa shape index (κ1) is 7.06. The zero-order chi connectivity index (χ0) is 7.56. The maximum Gasteiger partial charge on any atom is 0.0589 e. The van der Waals surface area contributed by atoms with Crippen molar-refractivity contribution in [1.82, 2.24) is 5.32 Å². The average molecular weight is 136 g/mol. The van der Waals surface area contributed by atoms with Crippen molar-refractivity contribution in [2.24, 2.45) is 10.9 Å². The fraction of sp³-hybridized carbons (Fsp3) is 0.375. The average Bonchev–Trinajstić information content (AvgIpc) is 1.88. The molecule has 0 aromatic carbocycles. The molecular weight excluding hydrogens is 124 g/mol. The zero-order valence-electron chi connectivity index (χ0n) is 6.39. The van der Waals surface area contributed by atoms with Crippen LogP contribution >= 0.6 is 0 Å². The Balaban J connectivity index is 2.67. The molecule has 2 heteroatoms. The monoisotopic (exact) mass is 136 g/mol. The third-order valence-electron chi connectivity index (χ3n) is 1.37. The number of allylic oxidation sites excluding steroid dienone is 2. The molecule has 0 saturated carbocycles. The summed E-state index contributed by atoms with van der Waals surface area (Å²) < 4.78 is 0. The van der Waals surface area contributed by atoms with Crippen molar-refractivity contribution >= 4 is 6.21 Å². The third-order valence-corrected chi connectivity index (χ3v) is 1.37. The summed E-state index contributed by atoms with van der Waals surface area (Å²) in [6, 6.07) is 0. The highest BCUT2D eigenvalue weighted by atomic mass is 14.9. The summed E-state index contributed by atoms with van der Waals surface area (Å²) in [5.41, 5.74) is 1.93. The van der Waals surface area contributed by atoms with Crippen LogP contribution in [0.1, 0.15) is 13.8 Å². The van der Waals surface area contributed by atoms with E-state index in [2.05, 4.69) is 30.7 Å². The summed E-state index contributed by atoms with van der Waals surface area (Å²) in [4.78, 5) is 4.18. The Kier molecular flexibility index (Phi) is 1.90. The number of nitrogens with zero attached hydrogens (tertiary/aromatic N) is 1. The van der Waals surface area contributed by atoms with Crippen molar-refractivity contribution < 1.29 is 0 Å². The Morgan fingerprint density at radius 3 is 2.70 bits per heavy atom. The summed E-state index contributed by atoms with van der Waals surface area (Å²) in [6.07, 6.45) is 3.64. The molecule has 0 spiro atoms. The smallest absolute Gasteiger partial charge is 0.0589 e. The second kappa shape index (κ2) is 2.69. The van der Waals surface area contributed by atoms with E-state index in [-0.39, 0.29) is 0 Å². The Labute approximate surface area is 61.4 Å². The molecule has 0 fully saturated rings. The Morgan fingerprint density at radius 1 is 1.60 bits per heavy atom. The summed E-state index contributed by atoms with van der Waals surface area (Å²) in [7, 11) is 0. The van der Waals surface area contributed by atoms with Gasteiger partial charge < -0.3 is 5.32 Å². The van der Waals surface area contributed by atoms with Gasteiger partial charge in [-0.3, -0.25) is 4.99 Å². The van der Waals surface area contributed by atoms with Crippen LogP contribution in [0.5, 0.6) is 0 Å². The quantitative estimate of drug-likeness (QED) is 0.582. The van der Waals surface area contributed by atoms with E-state index in [4.69, 9.17) is 0 Å². The molecule has 1 aliphatic rings. The highest BCUT2D eigenvalue weighted by Crippen LogP contribution is 2.11. The molecule has 10 heavy (non-hydrogen) atoms. The molecule has 0 amide bonds. The predicted molar refractivity (Wildman–Crippen MR) is 43.7 cm³/mol. The number of rotatable bonds is 1. The minimum atomic E-state index is 0.483. The Morgan fingerprint density at radius 2 is 2.30 bits per heavy atom. The lowest BCUT2D eigenvalue weighted by atomic mass is 10.1. The van der Waals surface area contributed by atoms with Crippen LogP contribution in [-0.2, 0) is 0 Å². The van der Waals surface area contributed by atoms with Crippen LogP contribution in [-0.4, -0.2) is 6.21 Å². The van der Waals surface area contributed by atoms with E-state index in [0.717, 1.165) is 11.4 Å². The molecule has 0 aliphatic carbocycles. The van der Waals surface area contributed by atoms with Crippen molar-refractivity contribution in [3.63, 3.8) is 0 Å². The Bertz CT molecular complexity index is 199. The second-order valence-electron chi connectivity index (χ2n) is 2.65. The number of hydrogen-bond acceptors (Lipinski definition) is 2. The SMILES string of the molecule is C=C1C=NC(C(C)C)=CN1. The molecular formula is C8H12N2. The van der Waals surface area contributed by atoms with Crippen molar-refractivity contribution in [3.05, 3.63) is 24.2 Å². The number of aliphatic imine (C=N–C) groups is 1. The molecule has 0 saturated heterocycles. The fourth-order valence-corrected chi connectivity index (χ4v) is 0.709. The van der Waals surface area contributed by atoms with Crippen molar-refractivity contribution in [2.45, 2.75) is 13.8 Å². The molecule has 0 atom stereocenters. The normalized spacial score (nSPS) is 17.1. The summed E-state index contributed by atoms with van der Waals surface area (Å²) in [6.45, 7) is 7.92. The van der Waals surface area contributed by atoms with Crippen LogP contribution < -0.4 is 5.32 Å². The van der Waals surface area contributed by atoms with Crippen molar-refractivity contribution in [3.8, 4) is 0 Å². The maximum absolute atomic E-state index is 4.18. The molecule has 0 aromatic rings.